The molecule has 0 aromatic heterocycles. The lowest BCUT2D eigenvalue weighted by molar-refractivity contribution is -0.129. The number of rotatable bonds is 0. The quantitative estimate of drug-likeness (QED) is 0.551. The van der Waals surface area contributed by atoms with Crippen LogP contribution in [0, 0.1) is 5.41 Å². The molecule has 0 aromatic carbocycles. The Morgan fingerprint density at radius 2 is 2.09 bits per heavy atom. The van der Waals surface area contributed by atoms with Crippen LogP contribution in [0.1, 0.15) is 20.8 Å². The van der Waals surface area contributed by atoms with E-state index in [1.807, 2.05) is 7.05 Å². The van der Waals surface area contributed by atoms with Gasteiger partial charge in [0.25, 0.3) is 0 Å². The summed E-state index contributed by atoms with van der Waals surface area (Å²) in [4.78, 5) is 13.1. The second-order valence-corrected chi connectivity index (χ2v) is 4.20. The van der Waals surface area contributed by atoms with Gasteiger partial charge in [-0.1, -0.05) is 20.8 Å². The third kappa shape index (κ3) is 1.53. The van der Waals surface area contributed by atoms with Crippen molar-refractivity contribution in [2.45, 2.75) is 26.8 Å². The van der Waals surface area contributed by atoms with Gasteiger partial charge in [0.05, 0.1) is 12.7 Å². The smallest absolute Gasteiger partial charge is 0.241 e. The lowest BCUT2D eigenvalue weighted by Crippen LogP contribution is -2.40. The van der Waals surface area contributed by atoms with Crippen LogP contribution in [0.5, 0.6) is 0 Å². The molecule has 0 saturated carbocycles. The predicted molar refractivity (Wildman–Crippen MR) is 44.0 cm³/mol. The van der Waals surface area contributed by atoms with Gasteiger partial charge in [0.15, 0.2) is 0 Å². The Hall–Kier alpha value is -0.570. The van der Waals surface area contributed by atoms with Gasteiger partial charge in [-0.15, -0.1) is 0 Å². The summed E-state index contributed by atoms with van der Waals surface area (Å²) in [6, 6.07) is -0.00694. The molecule has 1 aliphatic heterocycles. The van der Waals surface area contributed by atoms with Crippen LogP contribution in [0.2, 0.25) is 0 Å². The number of carbonyl (C=O) groups excluding carboxylic acids is 1. The summed E-state index contributed by atoms with van der Waals surface area (Å²) in [5.74, 6) is 0.206. The Bertz CT molecular complexity index is 171. The molecule has 1 saturated heterocycles. The molecule has 1 amide bonds. The molecule has 0 unspecified atom stereocenters. The summed E-state index contributed by atoms with van der Waals surface area (Å²) in [5.41, 5.74) is 0.0296. The molecule has 3 nitrogen and oxygen atoms in total. The van der Waals surface area contributed by atoms with Crippen LogP contribution in [0.4, 0.5) is 0 Å². The Morgan fingerprint density at radius 3 is 2.27 bits per heavy atom. The van der Waals surface area contributed by atoms with E-state index in [1.165, 1.54) is 0 Å². The lowest BCUT2D eigenvalue weighted by Gasteiger charge is -2.24. The Morgan fingerprint density at radius 1 is 1.55 bits per heavy atom. The lowest BCUT2D eigenvalue weighted by atomic mass is 9.87. The zero-order chi connectivity index (χ0) is 8.65. The van der Waals surface area contributed by atoms with Crippen LogP contribution in [0.25, 0.3) is 0 Å². The molecular formula is C8H16N2O. The van der Waals surface area contributed by atoms with E-state index in [9.17, 15) is 4.79 Å². The highest BCUT2D eigenvalue weighted by Crippen LogP contribution is 2.23. The summed E-state index contributed by atoms with van der Waals surface area (Å²) < 4.78 is 0. The molecule has 1 rings (SSSR count). The van der Waals surface area contributed by atoms with Crippen molar-refractivity contribution in [1.29, 1.82) is 0 Å². The van der Waals surface area contributed by atoms with Crippen molar-refractivity contribution in [2.75, 3.05) is 13.7 Å². The van der Waals surface area contributed by atoms with Gasteiger partial charge in [-0.05, 0) is 5.41 Å². The normalized spacial score (nSPS) is 26.4. The van der Waals surface area contributed by atoms with E-state index in [-0.39, 0.29) is 17.4 Å². The Labute approximate surface area is 67.8 Å². The fraction of sp³-hybridized carbons (Fsp3) is 0.875. The molecule has 64 valence electrons. The van der Waals surface area contributed by atoms with Gasteiger partial charge < -0.3 is 4.90 Å². The van der Waals surface area contributed by atoms with Gasteiger partial charge in [0, 0.05) is 7.05 Å². The van der Waals surface area contributed by atoms with E-state index in [4.69, 9.17) is 0 Å². The molecule has 3 heteroatoms. The van der Waals surface area contributed by atoms with Crippen LogP contribution in [0.3, 0.4) is 0 Å². The van der Waals surface area contributed by atoms with E-state index < -0.39 is 0 Å². The summed E-state index contributed by atoms with van der Waals surface area (Å²) in [7, 11) is 1.82. The molecule has 0 bridgehead atoms. The number of nitrogens with zero attached hydrogens (tertiary/aromatic N) is 1. The number of hydrogen-bond acceptors (Lipinski definition) is 2. The second kappa shape index (κ2) is 2.48. The second-order valence-electron chi connectivity index (χ2n) is 4.20. The summed E-state index contributed by atoms with van der Waals surface area (Å²) in [5, 5.41) is 3.17. The Kier molecular flexibility index (Phi) is 1.92. The minimum atomic E-state index is -0.00694. The Balaban J connectivity index is 2.70. The number of carbonyl (C=O) groups is 1. The van der Waals surface area contributed by atoms with E-state index in [0.717, 1.165) is 0 Å². The third-order valence-electron chi connectivity index (χ3n) is 2.02. The van der Waals surface area contributed by atoms with Crippen LogP contribution >= 0.6 is 0 Å². The zero-order valence-electron chi connectivity index (χ0n) is 7.64. The van der Waals surface area contributed by atoms with Gasteiger partial charge in [-0.25, -0.2) is 0 Å². The first kappa shape index (κ1) is 8.53. The van der Waals surface area contributed by atoms with Crippen molar-refractivity contribution < 1.29 is 4.79 Å². The first-order chi connectivity index (χ1) is 4.93. The molecule has 0 aliphatic carbocycles. The van der Waals surface area contributed by atoms with Crippen LogP contribution in [-0.2, 0) is 4.79 Å². The van der Waals surface area contributed by atoms with Crippen molar-refractivity contribution >= 4 is 5.91 Å². The van der Waals surface area contributed by atoms with Gasteiger partial charge in [0.1, 0.15) is 0 Å². The zero-order valence-corrected chi connectivity index (χ0v) is 7.64. The van der Waals surface area contributed by atoms with E-state index in [1.54, 1.807) is 4.90 Å². The summed E-state index contributed by atoms with van der Waals surface area (Å²) in [6.07, 6.45) is 0. The highest BCUT2D eigenvalue weighted by Gasteiger charge is 2.37. The maximum Gasteiger partial charge on any atom is 0.241 e. The molecular weight excluding hydrogens is 140 g/mol. The maximum atomic E-state index is 11.4. The first-order valence-corrected chi connectivity index (χ1v) is 3.91. The van der Waals surface area contributed by atoms with Gasteiger partial charge in [-0.2, -0.15) is 0 Å². The largest absolute Gasteiger partial charge is 0.332 e. The number of likely N-dealkylation sites (N-methyl/N-ethyl adjacent to an activating group) is 1. The topological polar surface area (TPSA) is 32.3 Å². The minimum absolute atomic E-state index is 0.00694. The van der Waals surface area contributed by atoms with Crippen molar-refractivity contribution in [2.24, 2.45) is 5.41 Å². The molecule has 1 fully saturated rings. The standard InChI is InChI=1S/C8H16N2O/c1-8(2,3)6-7(11)10(4)5-9-6/h6,9H,5H2,1-4H3/t6-/m0/s1. The fourth-order valence-corrected chi connectivity index (χ4v) is 1.29. The molecule has 0 aromatic rings. The highest BCUT2D eigenvalue weighted by molar-refractivity contribution is 5.84. The van der Waals surface area contributed by atoms with E-state index in [0.29, 0.717) is 6.67 Å². The van der Waals surface area contributed by atoms with Crippen LogP contribution in [-0.4, -0.2) is 30.6 Å². The summed E-state index contributed by atoms with van der Waals surface area (Å²) >= 11 is 0. The number of hydrogen-bond donors (Lipinski definition) is 1. The average Bonchev–Trinajstić information content (AvgIpc) is 2.11. The molecule has 11 heavy (non-hydrogen) atoms. The summed E-state index contributed by atoms with van der Waals surface area (Å²) in [6.45, 7) is 6.89. The predicted octanol–water partition coefficient (Wildman–Crippen LogP) is 0.420. The fourth-order valence-electron chi connectivity index (χ4n) is 1.29. The van der Waals surface area contributed by atoms with Crippen LogP contribution < -0.4 is 5.32 Å². The van der Waals surface area contributed by atoms with E-state index in [2.05, 4.69) is 26.1 Å². The number of amides is 1. The molecule has 1 heterocycles. The van der Waals surface area contributed by atoms with Gasteiger partial charge in [-0.3, -0.25) is 10.1 Å². The van der Waals surface area contributed by atoms with Crippen molar-refractivity contribution in [1.82, 2.24) is 10.2 Å². The molecule has 1 aliphatic rings. The average molecular weight is 156 g/mol. The van der Waals surface area contributed by atoms with E-state index >= 15 is 0 Å². The van der Waals surface area contributed by atoms with Crippen molar-refractivity contribution in [3.05, 3.63) is 0 Å². The van der Waals surface area contributed by atoms with Crippen molar-refractivity contribution in [3.8, 4) is 0 Å². The monoisotopic (exact) mass is 156 g/mol. The van der Waals surface area contributed by atoms with Crippen molar-refractivity contribution in [3.63, 3.8) is 0 Å². The molecule has 0 spiro atoms. The van der Waals surface area contributed by atoms with Gasteiger partial charge >= 0.3 is 0 Å². The third-order valence-corrected chi connectivity index (χ3v) is 2.02. The molecule has 1 atom stereocenters. The molecule has 1 N–H and O–H groups in total. The van der Waals surface area contributed by atoms with Gasteiger partial charge in [0.2, 0.25) is 5.91 Å². The van der Waals surface area contributed by atoms with Crippen LogP contribution in [0.15, 0.2) is 0 Å². The highest BCUT2D eigenvalue weighted by atomic mass is 16.2. The molecule has 0 radical (unpaired) electrons. The maximum absolute atomic E-state index is 11.4. The first-order valence-electron chi connectivity index (χ1n) is 3.91. The SMILES string of the molecule is CN1CN[C@H](C(C)(C)C)C1=O. The minimum Gasteiger partial charge on any atom is -0.332 e. The number of nitrogens with one attached hydrogen (secondary N) is 1.